The highest BCUT2D eigenvalue weighted by Crippen LogP contribution is 2.15. The molecule has 0 spiro atoms. The molecule has 0 bridgehead atoms. The Bertz CT molecular complexity index is 812. The fourth-order valence-corrected chi connectivity index (χ4v) is 3.16. The van der Waals surface area contributed by atoms with Gasteiger partial charge >= 0.3 is 5.97 Å². The topological polar surface area (TPSA) is 104 Å². The van der Waals surface area contributed by atoms with Crippen molar-refractivity contribution < 1.29 is 17.9 Å². The van der Waals surface area contributed by atoms with Crippen molar-refractivity contribution in [3.05, 3.63) is 42.0 Å². The molecule has 0 atom stereocenters. The number of para-hydroxylation sites is 1. The number of carbonyl (C=O) groups is 1. The number of ether oxygens (including phenoxy) is 1. The van der Waals surface area contributed by atoms with Crippen molar-refractivity contribution in [1.29, 1.82) is 0 Å². The Balaban J connectivity index is 2.20. The Morgan fingerprint density at radius 2 is 2.00 bits per heavy atom. The van der Waals surface area contributed by atoms with Crippen molar-refractivity contribution in [2.24, 2.45) is 0 Å². The third kappa shape index (κ3) is 4.22. The molecule has 0 aliphatic heterocycles. The van der Waals surface area contributed by atoms with Gasteiger partial charge < -0.3 is 4.74 Å². The first-order chi connectivity index (χ1) is 10.9. The zero-order chi connectivity index (χ0) is 16.9. The van der Waals surface area contributed by atoms with Gasteiger partial charge in [-0.2, -0.15) is 4.68 Å². The van der Waals surface area contributed by atoms with Gasteiger partial charge in [0.2, 0.25) is 9.84 Å². The highest BCUT2D eigenvalue weighted by molar-refractivity contribution is 7.91. The van der Waals surface area contributed by atoms with E-state index in [9.17, 15) is 13.2 Å². The number of aromatic nitrogens is 4. The van der Waals surface area contributed by atoms with Gasteiger partial charge in [0.15, 0.2) is 0 Å². The van der Waals surface area contributed by atoms with Crippen LogP contribution in [0, 0.1) is 0 Å². The van der Waals surface area contributed by atoms with Crippen LogP contribution in [0.5, 0.6) is 0 Å². The van der Waals surface area contributed by atoms with E-state index in [1.807, 2.05) is 6.07 Å². The van der Waals surface area contributed by atoms with Gasteiger partial charge in [0.05, 0.1) is 18.6 Å². The number of methoxy groups -OCH3 is 1. The molecule has 0 aliphatic carbocycles. The summed E-state index contributed by atoms with van der Waals surface area (Å²) in [6.45, 7) is 1.66. The molecule has 2 rings (SSSR count). The lowest BCUT2D eigenvalue weighted by atomic mass is 10.2. The smallest absolute Gasteiger partial charge is 0.330 e. The Morgan fingerprint density at radius 1 is 1.30 bits per heavy atom. The SMILES string of the molecule is COC(=O)/C=C(\C)CCS(=O)(=O)c1nnnn1-c1ccccc1. The van der Waals surface area contributed by atoms with E-state index in [4.69, 9.17) is 0 Å². The highest BCUT2D eigenvalue weighted by atomic mass is 32.2. The predicted octanol–water partition coefficient (Wildman–Crippen LogP) is 0.945. The summed E-state index contributed by atoms with van der Waals surface area (Å²) in [6.07, 6.45) is 1.44. The van der Waals surface area contributed by atoms with Gasteiger partial charge in [0.25, 0.3) is 5.16 Å². The second-order valence-electron chi connectivity index (χ2n) is 4.79. The zero-order valence-electron chi connectivity index (χ0n) is 12.7. The molecule has 23 heavy (non-hydrogen) atoms. The average molecular weight is 336 g/mol. The maximum absolute atomic E-state index is 12.4. The Hall–Kier alpha value is -2.55. The van der Waals surface area contributed by atoms with E-state index in [0.717, 1.165) is 0 Å². The second-order valence-corrected chi connectivity index (χ2v) is 6.79. The molecule has 8 nitrogen and oxygen atoms in total. The minimum atomic E-state index is -3.70. The van der Waals surface area contributed by atoms with E-state index in [1.165, 1.54) is 17.9 Å². The molecule has 122 valence electrons. The maximum Gasteiger partial charge on any atom is 0.330 e. The lowest BCUT2D eigenvalue weighted by molar-refractivity contribution is -0.134. The van der Waals surface area contributed by atoms with Crippen molar-refractivity contribution in [1.82, 2.24) is 20.2 Å². The van der Waals surface area contributed by atoms with Gasteiger partial charge in [-0.3, -0.25) is 0 Å². The molecule has 0 N–H and O–H groups in total. The lowest BCUT2D eigenvalue weighted by Gasteiger charge is -2.06. The number of nitrogens with zero attached hydrogens (tertiary/aromatic N) is 4. The van der Waals surface area contributed by atoms with Crippen LogP contribution in [-0.4, -0.2) is 47.5 Å². The monoisotopic (exact) mass is 336 g/mol. The summed E-state index contributed by atoms with van der Waals surface area (Å²) in [5.41, 5.74) is 1.15. The first-order valence-corrected chi connectivity index (χ1v) is 8.41. The molecule has 0 radical (unpaired) electrons. The van der Waals surface area contributed by atoms with Gasteiger partial charge in [0, 0.05) is 6.08 Å². The number of carbonyl (C=O) groups excluding carboxylic acids is 1. The van der Waals surface area contributed by atoms with Gasteiger partial charge in [0.1, 0.15) is 0 Å². The number of sulfone groups is 1. The molecular formula is C14H16N4O4S. The molecular weight excluding hydrogens is 320 g/mol. The first kappa shape index (κ1) is 16.8. The van der Waals surface area contributed by atoms with Crippen LogP contribution in [0.1, 0.15) is 13.3 Å². The van der Waals surface area contributed by atoms with Crippen LogP contribution in [0.3, 0.4) is 0 Å². The van der Waals surface area contributed by atoms with E-state index in [1.54, 1.807) is 31.2 Å². The van der Waals surface area contributed by atoms with Crippen molar-refractivity contribution in [2.75, 3.05) is 12.9 Å². The number of allylic oxidation sites excluding steroid dienone is 1. The van der Waals surface area contributed by atoms with Gasteiger partial charge in [-0.1, -0.05) is 28.9 Å². The fourth-order valence-electron chi connectivity index (χ4n) is 1.82. The lowest BCUT2D eigenvalue weighted by Crippen LogP contribution is -2.14. The van der Waals surface area contributed by atoms with Crippen LogP contribution in [-0.2, 0) is 19.4 Å². The Morgan fingerprint density at radius 3 is 2.65 bits per heavy atom. The van der Waals surface area contributed by atoms with E-state index in [0.29, 0.717) is 11.3 Å². The van der Waals surface area contributed by atoms with Crippen LogP contribution in [0.15, 0.2) is 47.1 Å². The predicted molar refractivity (Wildman–Crippen MR) is 81.6 cm³/mol. The third-order valence-electron chi connectivity index (χ3n) is 3.05. The first-order valence-electron chi connectivity index (χ1n) is 6.76. The molecule has 0 saturated heterocycles. The van der Waals surface area contributed by atoms with Crippen molar-refractivity contribution >= 4 is 15.8 Å². The molecule has 1 heterocycles. The number of hydrogen-bond acceptors (Lipinski definition) is 7. The van der Waals surface area contributed by atoms with E-state index in [2.05, 4.69) is 20.3 Å². The van der Waals surface area contributed by atoms with Crippen molar-refractivity contribution in [3.8, 4) is 5.69 Å². The van der Waals surface area contributed by atoms with E-state index >= 15 is 0 Å². The standard InChI is InChI=1S/C14H16N4O4S/c1-11(10-13(19)22-2)8-9-23(20,21)14-15-16-17-18(14)12-6-4-3-5-7-12/h3-7,10H,8-9H2,1-2H3/b11-10+. The van der Waals surface area contributed by atoms with Crippen molar-refractivity contribution in [2.45, 2.75) is 18.5 Å². The highest BCUT2D eigenvalue weighted by Gasteiger charge is 2.23. The molecule has 0 aliphatic rings. The Labute approximate surface area is 133 Å². The van der Waals surface area contributed by atoms with Gasteiger partial charge in [-0.05, 0) is 35.9 Å². The number of hydrogen-bond donors (Lipinski definition) is 0. The molecule has 2 aromatic rings. The molecule has 0 unspecified atom stereocenters. The minimum Gasteiger partial charge on any atom is -0.466 e. The zero-order valence-corrected chi connectivity index (χ0v) is 13.5. The second kappa shape index (κ2) is 7.14. The summed E-state index contributed by atoms with van der Waals surface area (Å²) < 4.78 is 30.6. The molecule has 1 aromatic heterocycles. The molecule has 0 amide bonds. The quantitative estimate of drug-likeness (QED) is 0.571. The molecule has 1 aromatic carbocycles. The summed E-state index contributed by atoms with van der Waals surface area (Å²) in [5.74, 6) is -0.728. The van der Waals surface area contributed by atoms with Gasteiger partial charge in [-0.15, -0.1) is 0 Å². The summed E-state index contributed by atoms with van der Waals surface area (Å²) in [4.78, 5) is 11.1. The average Bonchev–Trinajstić information content (AvgIpc) is 3.04. The molecule has 0 fully saturated rings. The summed E-state index contributed by atoms with van der Waals surface area (Å²) >= 11 is 0. The van der Waals surface area contributed by atoms with Crippen LogP contribution in [0.4, 0.5) is 0 Å². The number of benzene rings is 1. The Kier molecular flexibility index (Phi) is 5.22. The summed E-state index contributed by atoms with van der Waals surface area (Å²) in [5, 5.41) is 10.6. The van der Waals surface area contributed by atoms with E-state index in [-0.39, 0.29) is 17.3 Å². The number of rotatable bonds is 6. The minimum absolute atomic E-state index is 0.180. The maximum atomic E-state index is 12.4. The van der Waals surface area contributed by atoms with E-state index < -0.39 is 15.8 Å². The largest absolute Gasteiger partial charge is 0.466 e. The normalized spacial score (nSPS) is 12.2. The van der Waals surface area contributed by atoms with Crippen LogP contribution < -0.4 is 0 Å². The molecule has 9 heteroatoms. The van der Waals surface area contributed by atoms with Crippen LogP contribution >= 0.6 is 0 Å². The fraction of sp³-hybridized carbons (Fsp3) is 0.286. The van der Waals surface area contributed by atoms with Crippen LogP contribution in [0.2, 0.25) is 0 Å². The van der Waals surface area contributed by atoms with Gasteiger partial charge in [-0.25, -0.2) is 13.2 Å². The summed E-state index contributed by atoms with van der Waals surface area (Å²) in [6, 6.07) is 8.74. The number of esters is 1. The molecule has 0 saturated carbocycles. The van der Waals surface area contributed by atoms with Crippen molar-refractivity contribution in [3.63, 3.8) is 0 Å². The summed E-state index contributed by atoms with van der Waals surface area (Å²) in [7, 11) is -2.44. The number of tetrazole rings is 1. The van der Waals surface area contributed by atoms with Crippen LogP contribution in [0.25, 0.3) is 5.69 Å². The third-order valence-corrected chi connectivity index (χ3v) is 4.60.